The summed E-state index contributed by atoms with van der Waals surface area (Å²) < 4.78 is 1.19. The van der Waals surface area contributed by atoms with E-state index in [2.05, 4.69) is 16.4 Å². The van der Waals surface area contributed by atoms with E-state index < -0.39 is 0 Å². The van der Waals surface area contributed by atoms with E-state index in [9.17, 15) is 4.79 Å². The molecule has 0 saturated heterocycles. The summed E-state index contributed by atoms with van der Waals surface area (Å²) in [5.74, 6) is 0.0988. The molecule has 0 bridgehead atoms. The number of nitrogens with one attached hydrogen (secondary N) is 1. The standard InChI is InChI=1S/C12H14N2OS/c1-2-13-11(15)7-8-12-14-9-5-3-4-6-10(9)16-12/h3-6H,2,7-8H2,1H3,(H,13,15). The van der Waals surface area contributed by atoms with Gasteiger partial charge in [0, 0.05) is 19.4 Å². The summed E-state index contributed by atoms with van der Waals surface area (Å²) in [5.41, 5.74) is 1.03. The molecule has 4 heteroatoms. The number of carbonyl (C=O) groups is 1. The van der Waals surface area contributed by atoms with Crippen molar-refractivity contribution >= 4 is 27.5 Å². The van der Waals surface area contributed by atoms with Crippen molar-refractivity contribution in [3.05, 3.63) is 29.3 Å². The van der Waals surface area contributed by atoms with Crippen molar-refractivity contribution in [2.75, 3.05) is 6.54 Å². The molecule has 2 rings (SSSR count). The minimum absolute atomic E-state index is 0.0988. The van der Waals surface area contributed by atoms with Gasteiger partial charge in [0.25, 0.3) is 0 Å². The average molecular weight is 234 g/mol. The lowest BCUT2D eigenvalue weighted by Gasteiger charge is -1.98. The molecule has 2 aromatic rings. The third kappa shape index (κ3) is 2.58. The van der Waals surface area contributed by atoms with Gasteiger partial charge in [-0.25, -0.2) is 4.98 Å². The fourth-order valence-corrected chi connectivity index (χ4v) is 2.50. The third-order valence-corrected chi connectivity index (χ3v) is 3.37. The molecule has 0 aliphatic carbocycles. The van der Waals surface area contributed by atoms with Gasteiger partial charge < -0.3 is 5.32 Å². The highest BCUT2D eigenvalue weighted by Crippen LogP contribution is 2.22. The van der Waals surface area contributed by atoms with Gasteiger partial charge in [0.05, 0.1) is 15.2 Å². The number of rotatable bonds is 4. The van der Waals surface area contributed by atoms with Gasteiger partial charge in [-0.2, -0.15) is 0 Å². The summed E-state index contributed by atoms with van der Waals surface area (Å²) in [7, 11) is 0. The van der Waals surface area contributed by atoms with Crippen LogP contribution in [0.15, 0.2) is 24.3 Å². The number of hydrogen-bond acceptors (Lipinski definition) is 3. The van der Waals surface area contributed by atoms with Gasteiger partial charge in [-0.3, -0.25) is 4.79 Å². The summed E-state index contributed by atoms with van der Waals surface area (Å²) in [6.07, 6.45) is 1.25. The Morgan fingerprint density at radius 3 is 3.00 bits per heavy atom. The van der Waals surface area contributed by atoms with Crippen LogP contribution in [0.5, 0.6) is 0 Å². The zero-order chi connectivity index (χ0) is 11.4. The summed E-state index contributed by atoms with van der Waals surface area (Å²) >= 11 is 1.67. The fourth-order valence-electron chi connectivity index (χ4n) is 1.53. The zero-order valence-electron chi connectivity index (χ0n) is 9.19. The molecule has 3 nitrogen and oxygen atoms in total. The molecule has 0 atom stereocenters. The first-order chi connectivity index (χ1) is 7.79. The molecule has 0 radical (unpaired) electrons. The van der Waals surface area contributed by atoms with E-state index in [0.29, 0.717) is 13.0 Å². The molecule has 0 saturated carbocycles. The second-order valence-corrected chi connectivity index (χ2v) is 4.64. The molecule has 84 valence electrons. The molecule has 0 aliphatic rings. The van der Waals surface area contributed by atoms with Crippen molar-refractivity contribution in [2.45, 2.75) is 19.8 Å². The lowest BCUT2D eigenvalue weighted by atomic mass is 10.3. The molecular formula is C12H14N2OS. The molecule has 0 spiro atoms. The highest BCUT2D eigenvalue weighted by Gasteiger charge is 2.05. The SMILES string of the molecule is CCNC(=O)CCc1nc2ccccc2s1. The van der Waals surface area contributed by atoms with E-state index in [1.54, 1.807) is 11.3 Å². The third-order valence-electron chi connectivity index (χ3n) is 2.28. The van der Waals surface area contributed by atoms with Crippen molar-refractivity contribution in [1.82, 2.24) is 10.3 Å². The van der Waals surface area contributed by atoms with Crippen LogP contribution in [0.1, 0.15) is 18.4 Å². The Bertz CT molecular complexity index is 459. The topological polar surface area (TPSA) is 42.0 Å². The minimum atomic E-state index is 0.0988. The Kier molecular flexibility index (Phi) is 3.51. The largest absolute Gasteiger partial charge is 0.356 e. The van der Waals surface area contributed by atoms with E-state index in [0.717, 1.165) is 16.9 Å². The number of para-hydroxylation sites is 1. The zero-order valence-corrected chi connectivity index (χ0v) is 10.0. The van der Waals surface area contributed by atoms with Crippen LogP contribution in [0.3, 0.4) is 0 Å². The maximum atomic E-state index is 11.3. The molecule has 0 aliphatic heterocycles. The molecule has 0 unspecified atom stereocenters. The maximum Gasteiger partial charge on any atom is 0.220 e. The quantitative estimate of drug-likeness (QED) is 0.882. The highest BCUT2D eigenvalue weighted by atomic mass is 32.1. The Labute approximate surface area is 98.5 Å². The van der Waals surface area contributed by atoms with Crippen LogP contribution in [0.2, 0.25) is 0 Å². The summed E-state index contributed by atoms with van der Waals surface area (Å²) in [5, 5.41) is 3.82. The molecule has 1 N–H and O–H groups in total. The normalized spacial score (nSPS) is 10.6. The number of nitrogens with zero attached hydrogens (tertiary/aromatic N) is 1. The van der Waals surface area contributed by atoms with E-state index in [4.69, 9.17) is 0 Å². The number of benzene rings is 1. The van der Waals surface area contributed by atoms with E-state index >= 15 is 0 Å². The predicted molar refractivity (Wildman–Crippen MR) is 66.6 cm³/mol. The van der Waals surface area contributed by atoms with Gasteiger partial charge in [-0.05, 0) is 19.1 Å². The number of thiazole rings is 1. The van der Waals surface area contributed by atoms with Gasteiger partial charge in [-0.15, -0.1) is 11.3 Å². The van der Waals surface area contributed by atoms with Crippen molar-refractivity contribution in [3.8, 4) is 0 Å². The van der Waals surface area contributed by atoms with Gasteiger partial charge in [-0.1, -0.05) is 12.1 Å². The minimum Gasteiger partial charge on any atom is -0.356 e. The molecular weight excluding hydrogens is 220 g/mol. The predicted octanol–water partition coefficient (Wildman–Crippen LogP) is 2.37. The summed E-state index contributed by atoms with van der Waals surface area (Å²) in [4.78, 5) is 15.8. The van der Waals surface area contributed by atoms with Crippen LogP contribution in [0, 0.1) is 0 Å². The number of carbonyl (C=O) groups excluding carboxylic acids is 1. The van der Waals surface area contributed by atoms with E-state index in [1.807, 2.05) is 25.1 Å². The van der Waals surface area contributed by atoms with Crippen LogP contribution in [0.4, 0.5) is 0 Å². The fraction of sp³-hybridized carbons (Fsp3) is 0.333. The molecule has 0 fully saturated rings. The highest BCUT2D eigenvalue weighted by molar-refractivity contribution is 7.18. The lowest BCUT2D eigenvalue weighted by Crippen LogP contribution is -2.22. The second-order valence-electron chi connectivity index (χ2n) is 3.53. The van der Waals surface area contributed by atoms with Gasteiger partial charge in [0.2, 0.25) is 5.91 Å². The van der Waals surface area contributed by atoms with Crippen LogP contribution < -0.4 is 5.32 Å². The first kappa shape index (κ1) is 11.1. The lowest BCUT2D eigenvalue weighted by molar-refractivity contribution is -0.120. The Hall–Kier alpha value is -1.42. The van der Waals surface area contributed by atoms with Crippen molar-refractivity contribution < 1.29 is 4.79 Å². The number of aromatic nitrogens is 1. The number of fused-ring (bicyclic) bond motifs is 1. The molecule has 1 amide bonds. The van der Waals surface area contributed by atoms with Crippen molar-refractivity contribution in [3.63, 3.8) is 0 Å². The second kappa shape index (κ2) is 5.07. The number of hydrogen-bond donors (Lipinski definition) is 1. The van der Waals surface area contributed by atoms with Crippen LogP contribution >= 0.6 is 11.3 Å². The summed E-state index contributed by atoms with van der Waals surface area (Å²) in [6, 6.07) is 8.05. The average Bonchev–Trinajstić information content (AvgIpc) is 2.69. The first-order valence-corrected chi connectivity index (χ1v) is 6.22. The van der Waals surface area contributed by atoms with Gasteiger partial charge in [0.1, 0.15) is 0 Å². The summed E-state index contributed by atoms with van der Waals surface area (Å²) in [6.45, 7) is 2.62. The number of aryl methyl sites for hydroxylation is 1. The van der Waals surface area contributed by atoms with Crippen molar-refractivity contribution in [1.29, 1.82) is 0 Å². The monoisotopic (exact) mass is 234 g/mol. The number of amides is 1. The Balaban J connectivity index is 2.02. The van der Waals surface area contributed by atoms with Gasteiger partial charge in [0.15, 0.2) is 0 Å². The van der Waals surface area contributed by atoms with Gasteiger partial charge >= 0.3 is 0 Å². The molecule has 1 heterocycles. The Morgan fingerprint density at radius 1 is 1.44 bits per heavy atom. The van der Waals surface area contributed by atoms with Crippen LogP contribution in [0.25, 0.3) is 10.2 Å². The van der Waals surface area contributed by atoms with E-state index in [-0.39, 0.29) is 5.91 Å². The maximum absolute atomic E-state index is 11.3. The molecule has 1 aromatic carbocycles. The van der Waals surface area contributed by atoms with E-state index in [1.165, 1.54) is 4.70 Å². The Morgan fingerprint density at radius 2 is 2.25 bits per heavy atom. The molecule has 1 aromatic heterocycles. The first-order valence-electron chi connectivity index (χ1n) is 5.40. The smallest absolute Gasteiger partial charge is 0.220 e. The van der Waals surface area contributed by atoms with Crippen LogP contribution in [-0.2, 0) is 11.2 Å². The van der Waals surface area contributed by atoms with Crippen molar-refractivity contribution in [2.24, 2.45) is 0 Å². The van der Waals surface area contributed by atoms with Crippen LogP contribution in [-0.4, -0.2) is 17.4 Å². The molecule has 16 heavy (non-hydrogen) atoms.